The molecule has 43 heavy (non-hydrogen) atoms. The normalized spacial score (nSPS) is 19.0. The van der Waals surface area contributed by atoms with Gasteiger partial charge < -0.3 is 20.4 Å². The highest BCUT2D eigenvalue weighted by molar-refractivity contribution is 5.93. The highest BCUT2D eigenvalue weighted by Gasteiger charge is 2.47. The van der Waals surface area contributed by atoms with E-state index in [0.29, 0.717) is 17.8 Å². The molecule has 3 aromatic heterocycles. The minimum absolute atomic E-state index is 0.191. The van der Waals surface area contributed by atoms with E-state index < -0.39 is 5.41 Å². The van der Waals surface area contributed by atoms with Crippen LogP contribution in [0, 0.1) is 26.0 Å². The van der Waals surface area contributed by atoms with Gasteiger partial charge in [0.25, 0.3) is 0 Å². The van der Waals surface area contributed by atoms with Gasteiger partial charge in [-0.05, 0) is 113 Å². The fourth-order valence-electron chi connectivity index (χ4n) is 7.45. The van der Waals surface area contributed by atoms with E-state index in [9.17, 15) is 10.0 Å². The Balaban J connectivity index is 1.32. The summed E-state index contributed by atoms with van der Waals surface area (Å²) < 4.78 is 0.900. The molecule has 6 rings (SSSR count). The summed E-state index contributed by atoms with van der Waals surface area (Å²) in [6.07, 6.45) is 8.89. The second kappa shape index (κ2) is 11.4. The van der Waals surface area contributed by atoms with Crippen LogP contribution in [0.5, 0.6) is 0 Å². The number of hydrogen-bond acceptors (Lipinski definition) is 4. The summed E-state index contributed by atoms with van der Waals surface area (Å²) in [4.78, 5) is 24.8. The first-order valence-electron chi connectivity index (χ1n) is 15.9. The van der Waals surface area contributed by atoms with Gasteiger partial charge in [0.1, 0.15) is 5.65 Å². The van der Waals surface area contributed by atoms with Gasteiger partial charge in [-0.15, -0.1) is 0 Å². The van der Waals surface area contributed by atoms with Gasteiger partial charge in [0.15, 0.2) is 11.9 Å². The summed E-state index contributed by atoms with van der Waals surface area (Å²) in [6, 6.07) is 13.5. The Kier molecular flexibility index (Phi) is 7.80. The summed E-state index contributed by atoms with van der Waals surface area (Å²) >= 11 is 0. The van der Waals surface area contributed by atoms with E-state index in [1.165, 1.54) is 16.7 Å². The molecule has 2 fully saturated rings. The molecule has 0 spiro atoms. The van der Waals surface area contributed by atoms with E-state index in [2.05, 4.69) is 74.1 Å². The lowest BCUT2D eigenvalue weighted by atomic mass is 9.82. The zero-order valence-corrected chi connectivity index (χ0v) is 26.5. The van der Waals surface area contributed by atoms with Crippen molar-refractivity contribution in [2.75, 3.05) is 13.1 Å². The number of aromatic nitrogens is 3. The van der Waals surface area contributed by atoms with Crippen molar-refractivity contribution in [3.05, 3.63) is 87.5 Å². The van der Waals surface area contributed by atoms with Crippen molar-refractivity contribution in [2.24, 2.45) is 0 Å². The largest absolute Gasteiger partial charge is 0.619 e. The molecule has 0 aliphatic carbocycles. The van der Waals surface area contributed by atoms with E-state index in [1.807, 2.05) is 25.3 Å². The maximum Gasteiger partial charge on any atom is 0.233 e. The van der Waals surface area contributed by atoms with E-state index >= 15 is 0 Å². The maximum atomic E-state index is 14.0. The Morgan fingerprint density at radius 2 is 1.77 bits per heavy atom. The minimum atomic E-state index is -0.654. The first kappa shape index (κ1) is 29.4. The van der Waals surface area contributed by atoms with Gasteiger partial charge in [0.05, 0.1) is 11.1 Å². The predicted molar refractivity (Wildman–Crippen MR) is 172 cm³/mol. The number of aryl methyl sites for hydroxylation is 3. The molecule has 1 aromatic carbocycles. The summed E-state index contributed by atoms with van der Waals surface area (Å²) in [5.41, 5.74) is 8.98. The molecule has 1 atom stereocenters. The molecule has 1 unspecified atom stereocenters. The number of nitrogens with one attached hydrogen (secondary N) is 2. The second-order valence-corrected chi connectivity index (χ2v) is 13.6. The molecule has 1 amide bonds. The van der Waals surface area contributed by atoms with Crippen LogP contribution in [0.1, 0.15) is 85.9 Å². The Bertz CT molecular complexity index is 1630. The lowest BCUT2D eigenvalue weighted by Crippen LogP contribution is -2.46. The molecule has 4 aromatic rings. The molecule has 2 aliphatic heterocycles. The molecule has 2 N–H and O–H groups in total. The standard InChI is InChI=1S/C36H45N5O2/c1-22-15-23(2)17-27(16-22)33-32(24(3)20-37-13-11-26-12-14-40(43)25(4)18-26)31-19-28(21-38-34(31)39-33)36(5,6)35(42)41-29-7-8-30(41)10-9-29/h12,14-19,21,24,29-30,37H,7-11,13,20H2,1-6H3,(H,38,39). The van der Waals surface area contributed by atoms with Crippen molar-refractivity contribution in [3.63, 3.8) is 0 Å². The lowest BCUT2D eigenvalue weighted by Gasteiger charge is -2.32. The number of benzene rings is 1. The molecular formula is C36H45N5O2. The molecule has 2 saturated heterocycles. The fraction of sp³-hybridized carbons (Fsp3) is 0.472. The average Bonchev–Trinajstić information content (AvgIpc) is 3.68. The van der Waals surface area contributed by atoms with E-state index in [1.54, 1.807) is 6.20 Å². The monoisotopic (exact) mass is 579 g/mol. The highest BCUT2D eigenvalue weighted by Crippen LogP contribution is 2.42. The quantitative estimate of drug-likeness (QED) is 0.141. The third kappa shape index (κ3) is 5.55. The summed E-state index contributed by atoms with van der Waals surface area (Å²) in [5, 5.41) is 16.5. The topological polar surface area (TPSA) is 88.0 Å². The van der Waals surface area contributed by atoms with Crippen molar-refractivity contribution in [3.8, 4) is 11.3 Å². The Hall–Kier alpha value is -3.71. The number of carbonyl (C=O) groups excluding carboxylic acids is 1. The summed E-state index contributed by atoms with van der Waals surface area (Å²) in [7, 11) is 0. The molecule has 2 bridgehead atoms. The maximum absolute atomic E-state index is 14.0. The van der Waals surface area contributed by atoms with Crippen LogP contribution in [0.3, 0.4) is 0 Å². The van der Waals surface area contributed by atoms with Crippen LogP contribution in [-0.4, -0.2) is 45.9 Å². The Morgan fingerprint density at radius 1 is 1.09 bits per heavy atom. The van der Waals surface area contributed by atoms with Crippen LogP contribution in [0.25, 0.3) is 22.3 Å². The third-order valence-electron chi connectivity index (χ3n) is 9.84. The van der Waals surface area contributed by atoms with Crippen molar-refractivity contribution >= 4 is 16.9 Å². The fourth-order valence-corrected chi connectivity index (χ4v) is 7.45. The molecule has 226 valence electrons. The molecular weight excluding hydrogens is 534 g/mol. The first-order chi connectivity index (χ1) is 20.5. The van der Waals surface area contributed by atoms with Gasteiger partial charge in [0, 0.05) is 49.3 Å². The van der Waals surface area contributed by atoms with E-state index in [0.717, 1.165) is 83.3 Å². The van der Waals surface area contributed by atoms with Gasteiger partial charge in [-0.3, -0.25) is 4.79 Å². The van der Waals surface area contributed by atoms with Crippen LogP contribution in [0.2, 0.25) is 0 Å². The van der Waals surface area contributed by atoms with E-state index in [-0.39, 0.29) is 11.8 Å². The molecule has 0 radical (unpaired) electrons. The number of nitrogens with zero attached hydrogens (tertiary/aromatic N) is 3. The summed E-state index contributed by atoms with van der Waals surface area (Å²) in [6.45, 7) is 14.1. The van der Waals surface area contributed by atoms with Gasteiger partial charge in [-0.25, -0.2) is 4.98 Å². The van der Waals surface area contributed by atoms with Crippen molar-refractivity contribution in [2.45, 2.75) is 97.1 Å². The highest BCUT2D eigenvalue weighted by atomic mass is 16.5. The van der Waals surface area contributed by atoms with Crippen molar-refractivity contribution in [1.82, 2.24) is 20.2 Å². The lowest BCUT2D eigenvalue weighted by molar-refractivity contribution is -0.612. The van der Waals surface area contributed by atoms with Crippen LogP contribution in [0.4, 0.5) is 0 Å². The van der Waals surface area contributed by atoms with Crippen LogP contribution >= 0.6 is 0 Å². The smallest absolute Gasteiger partial charge is 0.233 e. The Morgan fingerprint density at radius 3 is 2.42 bits per heavy atom. The van der Waals surface area contributed by atoms with Crippen LogP contribution < -0.4 is 10.0 Å². The molecule has 5 heterocycles. The number of rotatable bonds is 9. The van der Waals surface area contributed by atoms with Gasteiger partial charge in [0.2, 0.25) is 5.91 Å². The minimum Gasteiger partial charge on any atom is -0.619 e. The molecule has 0 saturated carbocycles. The van der Waals surface area contributed by atoms with Gasteiger partial charge >= 0.3 is 0 Å². The van der Waals surface area contributed by atoms with E-state index in [4.69, 9.17) is 4.98 Å². The van der Waals surface area contributed by atoms with Crippen molar-refractivity contribution < 1.29 is 9.52 Å². The third-order valence-corrected chi connectivity index (χ3v) is 9.84. The number of aromatic amines is 1. The molecule has 7 heteroatoms. The number of carbonyl (C=O) groups is 1. The first-order valence-corrected chi connectivity index (χ1v) is 15.9. The second-order valence-electron chi connectivity index (χ2n) is 13.6. The van der Waals surface area contributed by atoms with Gasteiger partial charge in [-0.2, -0.15) is 4.73 Å². The number of H-pyrrole nitrogens is 1. The van der Waals surface area contributed by atoms with Gasteiger partial charge in [-0.1, -0.05) is 24.1 Å². The number of hydrogen-bond donors (Lipinski definition) is 2. The predicted octanol–water partition coefficient (Wildman–Crippen LogP) is 6.16. The van der Waals surface area contributed by atoms with Crippen LogP contribution in [0.15, 0.2) is 48.8 Å². The molecule has 2 aliphatic rings. The zero-order chi connectivity index (χ0) is 30.5. The van der Waals surface area contributed by atoms with Crippen LogP contribution in [-0.2, 0) is 16.6 Å². The summed E-state index contributed by atoms with van der Waals surface area (Å²) in [5.74, 6) is 0.426. The van der Waals surface area contributed by atoms with Crippen molar-refractivity contribution in [1.29, 1.82) is 0 Å². The number of pyridine rings is 2. The molecule has 7 nitrogen and oxygen atoms in total. The average molecular weight is 580 g/mol. The number of amides is 1. The zero-order valence-electron chi connectivity index (χ0n) is 26.5. The Labute approximate surface area is 255 Å². The SMILES string of the molecule is Cc1cc(C)cc(-c2[nH]c3ncc(C(C)(C)C(=O)N4C5CCC4CC5)cc3c2C(C)CNCCc2cc[n+]([O-])c(C)c2)c1. The number of fused-ring (bicyclic) bond motifs is 3.